The summed E-state index contributed by atoms with van der Waals surface area (Å²) in [6.45, 7) is 4.44. The molecule has 0 aromatic carbocycles. The first-order valence-electron chi connectivity index (χ1n) is 8.63. The van der Waals surface area contributed by atoms with Gasteiger partial charge >= 0.3 is 0 Å². The van der Waals surface area contributed by atoms with Crippen molar-refractivity contribution in [3.63, 3.8) is 0 Å². The van der Waals surface area contributed by atoms with Crippen molar-refractivity contribution in [1.29, 1.82) is 0 Å². The van der Waals surface area contributed by atoms with Crippen molar-refractivity contribution in [2.45, 2.75) is 49.8 Å². The van der Waals surface area contributed by atoms with Gasteiger partial charge in [0.15, 0.2) is 0 Å². The first-order valence-corrected chi connectivity index (χ1v) is 9.42. The van der Waals surface area contributed by atoms with Crippen molar-refractivity contribution in [1.82, 2.24) is 9.80 Å². The molecule has 0 spiro atoms. The average molecular weight is 369 g/mol. The van der Waals surface area contributed by atoms with Gasteiger partial charge in [0.2, 0.25) is 11.8 Å². The summed E-state index contributed by atoms with van der Waals surface area (Å²) >= 11 is 3.99. The zero-order chi connectivity index (χ0) is 15.5. The van der Waals surface area contributed by atoms with Crippen LogP contribution in [0.15, 0.2) is 0 Å². The summed E-state index contributed by atoms with van der Waals surface area (Å²) in [5.74, 6) is 1.99. The zero-order valence-electron chi connectivity index (χ0n) is 13.3. The van der Waals surface area contributed by atoms with Crippen LogP contribution < -0.4 is 0 Å². The molecule has 122 valence electrons. The molecule has 5 rings (SSSR count). The Balaban J connectivity index is 1.50. The predicted octanol–water partition coefficient (Wildman–Crippen LogP) is 2.41. The van der Waals surface area contributed by atoms with Gasteiger partial charge in [0.25, 0.3) is 0 Å². The molecule has 1 heterocycles. The summed E-state index contributed by atoms with van der Waals surface area (Å²) in [7, 11) is 0. The number of hydrogen-bond donors (Lipinski definition) is 0. The number of amides is 2. The third-order valence-electron chi connectivity index (χ3n) is 6.46. The van der Waals surface area contributed by atoms with Crippen LogP contribution in [-0.4, -0.2) is 52.1 Å². The number of alkyl halides is 1. The highest BCUT2D eigenvalue weighted by atomic mass is 79.9. The molecule has 4 aliphatic carbocycles. The van der Waals surface area contributed by atoms with Crippen molar-refractivity contribution >= 4 is 27.7 Å². The van der Waals surface area contributed by atoms with Gasteiger partial charge < -0.3 is 9.80 Å². The van der Waals surface area contributed by atoms with Crippen molar-refractivity contribution < 1.29 is 9.59 Å². The van der Waals surface area contributed by atoms with Crippen LogP contribution in [0.4, 0.5) is 0 Å². The molecule has 0 aromatic rings. The Morgan fingerprint density at radius 1 is 0.955 bits per heavy atom. The molecule has 4 nitrogen and oxygen atoms in total. The van der Waals surface area contributed by atoms with Crippen molar-refractivity contribution in [3.8, 4) is 0 Å². The Morgan fingerprint density at radius 2 is 1.50 bits per heavy atom. The highest BCUT2D eigenvalue weighted by Crippen LogP contribution is 2.64. The van der Waals surface area contributed by atoms with Crippen molar-refractivity contribution in [3.05, 3.63) is 0 Å². The fourth-order valence-electron chi connectivity index (χ4n) is 5.96. The van der Waals surface area contributed by atoms with Crippen LogP contribution in [0.1, 0.15) is 45.4 Å². The molecule has 2 amide bonds. The summed E-state index contributed by atoms with van der Waals surface area (Å²) in [6.07, 6.45) is 7.08. The van der Waals surface area contributed by atoms with E-state index >= 15 is 0 Å². The molecule has 0 N–H and O–H groups in total. The van der Waals surface area contributed by atoms with Crippen molar-refractivity contribution in [2.75, 3.05) is 26.2 Å². The van der Waals surface area contributed by atoms with E-state index in [1.54, 1.807) is 6.92 Å². The third kappa shape index (κ3) is 2.31. The Bertz CT molecular complexity index is 499. The molecule has 2 unspecified atom stereocenters. The minimum absolute atomic E-state index is 0.105. The summed E-state index contributed by atoms with van der Waals surface area (Å²) < 4.78 is 0.230. The van der Waals surface area contributed by atoms with Gasteiger partial charge in [-0.25, -0.2) is 0 Å². The lowest BCUT2D eigenvalue weighted by Gasteiger charge is -2.60. The maximum absolute atomic E-state index is 13.3. The molecule has 1 saturated heterocycles. The summed E-state index contributed by atoms with van der Waals surface area (Å²) in [6, 6.07) is 0. The van der Waals surface area contributed by atoms with Gasteiger partial charge in [0.05, 0.1) is 5.41 Å². The van der Waals surface area contributed by atoms with E-state index in [0.717, 1.165) is 31.1 Å². The third-order valence-corrected chi connectivity index (χ3v) is 7.38. The van der Waals surface area contributed by atoms with Gasteiger partial charge in [0.1, 0.15) is 0 Å². The van der Waals surface area contributed by atoms with Gasteiger partial charge in [-0.2, -0.15) is 0 Å². The number of halogens is 1. The van der Waals surface area contributed by atoms with E-state index in [4.69, 9.17) is 0 Å². The van der Waals surface area contributed by atoms with E-state index in [2.05, 4.69) is 15.9 Å². The molecular formula is C17H25BrN2O2. The Kier molecular flexibility index (Phi) is 3.37. The lowest BCUT2D eigenvalue weighted by atomic mass is 9.49. The molecule has 4 saturated carbocycles. The summed E-state index contributed by atoms with van der Waals surface area (Å²) in [5.41, 5.74) is -0.105. The second kappa shape index (κ2) is 4.96. The molecule has 1 aliphatic heterocycles. The standard InChI is InChI=1S/C17H25BrN2O2/c1-12(21)19-2-4-20(5-3-19)15(22)16-7-13-6-14(8-16)10-17(18,9-13)11-16/h13-14H,2-11H2,1H3. The maximum atomic E-state index is 13.3. The van der Waals surface area contributed by atoms with Crippen LogP contribution in [0.2, 0.25) is 0 Å². The Morgan fingerprint density at radius 3 is 2.00 bits per heavy atom. The van der Waals surface area contributed by atoms with E-state index in [9.17, 15) is 9.59 Å². The summed E-state index contributed by atoms with van der Waals surface area (Å²) in [4.78, 5) is 28.6. The van der Waals surface area contributed by atoms with Gasteiger partial charge in [0, 0.05) is 37.4 Å². The molecular weight excluding hydrogens is 344 g/mol. The van der Waals surface area contributed by atoms with Gasteiger partial charge in [-0.1, -0.05) is 15.9 Å². The van der Waals surface area contributed by atoms with E-state index < -0.39 is 0 Å². The molecule has 2 atom stereocenters. The summed E-state index contributed by atoms with van der Waals surface area (Å²) in [5, 5.41) is 0. The van der Waals surface area contributed by atoms with E-state index in [0.29, 0.717) is 32.1 Å². The van der Waals surface area contributed by atoms with Crippen molar-refractivity contribution in [2.24, 2.45) is 17.3 Å². The second-order valence-corrected chi connectivity index (χ2v) is 9.87. The first-order chi connectivity index (χ1) is 10.4. The van der Waals surface area contributed by atoms with Crippen LogP contribution >= 0.6 is 15.9 Å². The van der Waals surface area contributed by atoms with E-state index in [1.807, 2.05) is 9.80 Å². The second-order valence-electron chi connectivity index (χ2n) is 8.19. The highest BCUT2D eigenvalue weighted by molar-refractivity contribution is 9.10. The molecule has 5 aliphatic rings. The van der Waals surface area contributed by atoms with E-state index in [-0.39, 0.29) is 15.6 Å². The Hall–Kier alpha value is -0.580. The average Bonchev–Trinajstić information content (AvgIpc) is 2.44. The lowest BCUT2D eigenvalue weighted by Crippen LogP contribution is -2.61. The monoisotopic (exact) mass is 368 g/mol. The quantitative estimate of drug-likeness (QED) is 0.666. The molecule has 0 aromatic heterocycles. The number of carbonyl (C=O) groups excluding carboxylic acids is 2. The van der Waals surface area contributed by atoms with Crippen LogP contribution in [0.25, 0.3) is 0 Å². The van der Waals surface area contributed by atoms with Crippen LogP contribution in [0.5, 0.6) is 0 Å². The van der Waals surface area contributed by atoms with Gasteiger partial charge in [-0.3, -0.25) is 9.59 Å². The molecule has 5 heteroatoms. The topological polar surface area (TPSA) is 40.6 Å². The number of hydrogen-bond acceptors (Lipinski definition) is 2. The molecule has 0 radical (unpaired) electrons. The number of carbonyl (C=O) groups is 2. The van der Waals surface area contributed by atoms with Crippen LogP contribution in [0, 0.1) is 17.3 Å². The Labute approximate surface area is 140 Å². The van der Waals surface area contributed by atoms with Crippen LogP contribution in [-0.2, 0) is 9.59 Å². The fraction of sp³-hybridized carbons (Fsp3) is 0.882. The predicted molar refractivity (Wildman–Crippen MR) is 87.6 cm³/mol. The zero-order valence-corrected chi connectivity index (χ0v) is 14.9. The van der Waals surface area contributed by atoms with Gasteiger partial charge in [-0.05, 0) is 50.4 Å². The number of piperazine rings is 1. The molecule has 4 bridgehead atoms. The normalized spacial score (nSPS) is 43.5. The minimum Gasteiger partial charge on any atom is -0.339 e. The highest BCUT2D eigenvalue weighted by Gasteiger charge is 2.60. The minimum atomic E-state index is -0.105. The SMILES string of the molecule is CC(=O)N1CCN(C(=O)C23CC4CC(CC(Br)(C4)C2)C3)CC1. The van der Waals surface area contributed by atoms with Gasteiger partial charge in [-0.15, -0.1) is 0 Å². The van der Waals surface area contributed by atoms with E-state index in [1.165, 1.54) is 19.3 Å². The number of rotatable bonds is 1. The lowest BCUT2D eigenvalue weighted by molar-refractivity contribution is -0.158. The fourth-order valence-corrected chi connectivity index (χ4v) is 7.41. The molecule has 22 heavy (non-hydrogen) atoms. The van der Waals surface area contributed by atoms with Crippen LogP contribution in [0.3, 0.4) is 0 Å². The number of nitrogens with zero attached hydrogens (tertiary/aromatic N) is 2. The first kappa shape index (κ1) is 15.0. The smallest absolute Gasteiger partial charge is 0.228 e. The maximum Gasteiger partial charge on any atom is 0.228 e. The largest absolute Gasteiger partial charge is 0.339 e. The molecule has 5 fully saturated rings.